The Morgan fingerprint density at radius 3 is 1.47 bits per heavy atom. The van der Waals surface area contributed by atoms with E-state index < -0.39 is 0 Å². The third kappa shape index (κ3) is 5.41. The quantitative estimate of drug-likeness (QED) is 0.161. The van der Waals surface area contributed by atoms with E-state index in [0.29, 0.717) is 17.8 Å². The van der Waals surface area contributed by atoms with Gasteiger partial charge in [0.15, 0.2) is 11.2 Å². The first kappa shape index (κ1) is 30.0. The van der Waals surface area contributed by atoms with E-state index in [1.165, 1.54) is 21.5 Å². The number of hydrogen-bond acceptors (Lipinski definition) is 5. The molecule has 0 aliphatic rings. The van der Waals surface area contributed by atoms with Gasteiger partial charge in [0.25, 0.3) is 0 Å². The number of oxazole rings is 2. The molecule has 9 aromatic carbocycles. The van der Waals surface area contributed by atoms with E-state index in [-0.39, 0.29) is 0 Å². The van der Waals surface area contributed by atoms with Gasteiger partial charge >= 0.3 is 0 Å². The van der Waals surface area contributed by atoms with Gasteiger partial charge in [-0.25, -0.2) is 9.97 Å². The lowest BCUT2D eigenvalue weighted by molar-refractivity contribution is 0.619. The minimum atomic E-state index is 0.467. The average molecular weight is 707 g/mol. The molecule has 5 nitrogen and oxygen atoms in total. The fraction of sp³-hybridized carbons (Fsp3) is 0. The van der Waals surface area contributed by atoms with E-state index in [0.717, 1.165) is 72.3 Å². The first-order chi connectivity index (χ1) is 27.6. The van der Waals surface area contributed by atoms with Crippen LogP contribution in [0.1, 0.15) is 1.37 Å². The summed E-state index contributed by atoms with van der Waals surface area (Å²) in [6.45, 7) is 0. The molecule has 0 atom stereocenters. The Kier molecular flexibility index (Phi) is 6.86. The fourth-order valence-corrected chi connectivity index (χ4v) is 7.71. The van der Waals surface area contributed by atoms with Crippen LogP contribution in [0.25, 0.3) is 88.6 Å². The van der Waals surface area contributed by atoms with E-state index in [2.05, 4.69) is 108 Å². The second-order valence-corrected chi connectivity index (χ2v) is 13.8. The lowest BCUT2D eigenvalue weighted by atomic mass is 9.91. The number of fused-ring (bicyclic) bond motifs is 5. The number of benzene rings is 9. The molecule has 0 aliphatic carbocycles. The third-order valence-electron chi connectivity index (χ3n) is 10.4. The van der Waals surface area contributed by atoms with Crippen molar-refractivity contribution in [3.05, 3.63) is 188 Å². The minimum Gasteiger partial charge on any atom is -0.436 e. The van der Waals surface area contributed by atoms with Gasteiger partial charge in [-0.1, -0.05) is 91.0 Å². The highest BCUT2D eigenvalue weighted by molar-refractivity contribution is 6.13. The number of rotatable bonds is 6. The van der Waals surface area contributed by atoms with Crippen molar-refractivity contribution >= 4 is 71.6 Å². The topological polar surface area (TPSA) is 55.3 Å². The number of aromatic nitrogens is 2. The van der Waals surface area contributed by atoms with Gasteiger partial charge in [0.1, 0.15) is 11.0 Å². The molecule has 0 unspecified atom stereocenters. The van der Waals surface area contributed by atoms with Gasteiger partial charge in [-0.05, 0) is 141 Å². The van der Waals surface area contributed by atoms with Crippen molar-refractivity contribution in [3.8, 4) is 34.0 Å². The maximum Gasteiger partial charge on any atom is 0.227 e. The molecule has 55 heavy (non-hydrogen) atoms. The van der Waals surface area contributed by atoms with Crippen LogP contribution in [0.3, 0.4) is 0 Å². The third-order valence-corrected chi connectivity index (χ3v) is 10.4. The molecular weight excluding hydrogens is 675 g/mol. The first-order valence-corrected chi connectivity index (χ1v) is 18.3. The molecule has 11 rings (SSSR count). The van der Waals surface area contributed by atoms with Crippen LogP contribution in [0, 0.1) is 0 Å². The minimum absolute atomic E-state index is 0.467. The van der Waals surface area contributed by atoms with Crippen LogP contribution in [0.5, 0.6) is 0 Å². The molecule has 11 aromatic rings. The number of anilines is 3. The second kappa shape index (κ2) is 12.6. The number of para-hydroxylation sites is 4. The Morgan fingerprint density at radius 2 is 0.909 bits per heavy atom. The highest BCUT2D eigenvalue weighted by Gasteiger charge is 2.17. The summed E-state index contributed by atoms with van der Waals surface area (Å²) in [5, 5.41) is 6.59. The normalized spacial score (nSPS) is 11.9. The standard InChI is InChI=1S/C50H31N3O2/c1-3-11-42-36(9-1)30-37-10-2-4-12-43(37)48(42)38-18-17-35-31-41(28-23-34(35)29-38)53(39-24-19-32(20-25-39)49-51-44-13-5-7-15-46(44)54-49)40-26-21-33(22-27-40)50-52-45-14-6-8-16-47(45)55-50/h1-31H/i17D. The lowest BCUT2D eigenvalue weighted by Crippen LogP contribution is -2.09. The predicted octanol–water partition coefficient (Wildman–Crippen LogP) is 13.9. The van der Waals surface area contributed by atoms with Crippen molar-refractivity contribution < 1.29 is 10.2 Å². The van der Waals surface area contributed by atoms with E-state index in [1.54, 1.807) is 0 Å². The molecule has 258 valence electrons. The molecule has 0 saturated heterocycles. The van der Waals surface area contributed by atoms with Crippen molar-refractivity contribution in [2.24, 2.45) is 0 Å². The van der Waals surface area contributed by atoms with Crippen LogP contribution in [0.4, 0.5) is 17.1 Å². The van der Waals surface area contributed by atoms with E-state index >= 15 is 0 Å². The summed E-state index contributed by atoms with van der Waals surface area (Å²) in [7, 11) is 0. The highest BCUT2D eigenvalue weighted by atomic mass is 16.4. The first-order valence-electron chi connectivity index (χ1n) is 18.8. The summed E-state index contributed by atoms with van der Waals surface area (Å²) in [6, 6.07) is 62.4. The van der Waals surface area contributed by atoms with E-state index in [1.807, 2.05) is 78.9 Å². The molecule has 0 aliphatic heterocycles. The second-order valence-electron chi connectivity index (χ2n) is 13.8. The van der Waals surface area contributed by atoms with Gasteiger partial charge < -0.3 is 13.7 Å². The average Bonchev–Trinajstić information content (AvgIpc) is 3.89. The van der Waals surface area contributed by atoms with Crippen molar-refractivity contribution in [2.75, 3.05) is 4.90 Å². The SMILES string of the molecule is [2H]c1cc(-c2c3ccccc3cc3ccccc23)cc2ccc(N(c3ccc(-c4nc5ccccc5o4)cc3)c3ccc(-c4nc5ccccc5o4)cc3)cc12. The lowest BCUT2D eigenvalue weighted by Gasteiger charge is -2.26. The summed E-state index contributed by atoms with van der Waals surface area (Å²) in [6.07, 6.45) is 0. The monoisotopic (exact) mass is 706 g/mol. The summed E-state index contributed by atoms with van der Waals surface area (Å²) in [4.78, 5) is 11.6. The van der Waals surface area contributed by atoms with Gasteiger partial charge in [-0.15, -0.1) is 0 Å². The summed E-state index contributed by atoms with van der Waals surface area (Å²) in [5.41, 5.74) is 9.94. The zero-order valence-corrected chi connectivity index (χ0v) is 29.5. The Morgan fingerprint density at radius 1 is 0.400 bits per heavy atom. The van der Waals surface area contributed by atoms with E-state index in [9.17, 15) is 1.37 Å². The Bertz CT molecular complexity index is 3040. The molecule has 2 heterocycles. The molecule has 0 amide bonds. The van der Waals surface area contributed by atoms with Gasteiger partial charge in [0.05, 0.1) is 1.37 Å². The van der Waals surface area contributed by atoms with Crippen LogP contribution >= 0.6 is 0 Å². The Hall–Kier alpha value is -7.50. The van der Waals surface area contributed by atoms with Crippen molar-refractivity contribution in [3.63, 3.8) is 0 Å². The van der Waals surface area contributed by atoms with Crippen LogP contribution in [-0.2, 0) is 0 Å². The van der Waals surface area contributed by atoms with Crippen LogP contribution in [0.2, 0.25) is 0 Å². The number of hydrogen-bond donors (Lipinski definition) is 0. The molecule has 2 aromatic heterocycles. The largest absolute Gasteiger partial charge is 0.436 e. The van der Waals surface area contributed by atoms with Crippen molar-refractivity contribution in [1.82, 2.24) is 9.97 Å². The molecule has 0 saturated carbocycles. The molecule has 0 bridgehead atoms. The fourth-order valence-electron chi connectivity index (χ4n) is 7.71. The molecule has 5 heteroatoms. The Labute approximate surface area is 317 Å². The van der Waals surface area contributed by atoms with Crippen molar-refractivity contribution in [2.45, 2.75) is 0 Å². The summed E-state index contributed by atoms with van der Waals surface area (Å²) < 4.78 is 21.6. The number of nitrogens with zero attached hydrogens (tertiary/aromatic N) is 3. The van der Waals surface area contributed by atoms with Gasteiger partial charge in [0, 0.05) is 28.2 Å². The van der Waals surface area contributed by atoms with Gasteiger partial charge in [0.2, 0.25) is 11.8 Å². The predicted molar refractivity (Wildman–Crippen MR) is 225 cm³/mol. The smallest absolute Gasteiger partial charge is 0.227 e. The zero-order chi connectivity index (χ0) is 37.2. The molecule has 0 spiro atoms. The maximum atomic E-state index is 9.40. The van der Waals surface area contributed by atoms with Gasteiger partial charge in [-0.2, -0.15) is 0 Å². The molecule has 0 radical (unpaired) electrons. The maximum absolute atomic E-state index is 9.40. The summed E-state index contributed by atoms with van der Waals surface area (Å²) in [5.74, 6) is 1.15. The Balaban J connectivity index is 1.03. The summed E-state index contributed by atoms with van der Waals surface area (Å²) >= 11 is 0. The van der Waals surface area contributed by atoms with Gasteiger partial charge in [-0.3, -0.25) is 0 Å². The van der Waals surface area contributed by atoms with Crippen molar-refractivity contribution in [1.29, 1.82) is 0 Å². The molecule has 0 fully saturated rings. The highest BCUT2D eigenvalue weighted by Crippen LogP contribution is 2.41. The molecular formula is C50H31N3O2. The van der Waals surface area contributed by atoms with Crippen LogP contribution in [0.15, 0.2) is 197 Å². The van der Waals surface area contributed by atoms with Crippen LogP contribution in [-0.4, -0.2) is 9.97 Å². The molecule has 0 N–H and O–H groups in total. The van der Waals surface area contributed by atoms with E-state index in [4.69, 9.17) is 18.8 Å². The van der Waals surface area contributed by atoms with Crippen LogP contribution < -0.4 is 4.90 Å². The zero-order valence-electron chi connectivity index (χ0n) is 30.5.